The zero-order valence-electron chi connectivity index (χ0n) is 14.3. The van der Waals surface area contributed by atoms with Crippen molar-refractivity contribution in [1.29, 1.82) is 0 Å². The predicted molar refractivity (Wildman–Crippen MR) is 94.2 cm³/mol. The van der Waals surface area contributed by atoms with E-state index in [1.54, 1.807) is 27.8 Å². The second-order valence-electron chi connectivity index (χ2n) is 7.49. The summed E-state index contributed by atoms with van der Waals surface area (Å²) in [6, 6.07) is 2.54. The zero-order valence-corrected chi connectivity index (χ0v) is 14.3. The van der Waals surface area contributed by atoms with Crippen molar-refractivity contribution in [2.24, 2.45) is 0 Å². The van der Waals surface area contributed by atoms with Crippen molar-refractivity contribution in [2.75, 3.05) is 45.9 Å². The highest BCUT2D eigenvalue weighted by molar-refractivity contribution is 5.50. The molecule has 0 spiro atoms. The van der Waals surface area contributed by atoms with Gasteiger partial charge in [0.1, 0.15) is 0 Å². The van der Waals surface area contributed by atoms with Crippen LogP contribution in [-0.2, 0) is 32.1 Å². The summed E-state index contributed by atoms with van der Waals surface area (Å²) in [5, 5.41) is 9.06. The van der Waals surface area contributed by atoms with Gasteiger partial charge in [0.05, 0.1) is 6.61 Å². The summed E-state index contributed by atoms with van der Waals surface area (Å²) in [6.45, 7) is 6.91. The third-order valence-corrected chi connectivity index (χ3v) is 6.16. The highest BCUT2D eigenvalue weighted by Crippen LogP contribution is 2.35. The Morgan fingerprint density at radius 1 is 0.783 bits per heavy atom. The minimum absolute atomic E-state index is 0.294. The van der Waals surface area contributed by atoms with Gasteiger partial charge in [-0.2, -0.15) is 0 Å². The van der Waals surface area contributed by atoms with Crippen molar-refractivity contribution < 1.29 is 5.11 Å². The van der Waals surface area contributed by atoms with Gasteiger partial charge < -0.3 is 10.0 Å². The second-order valence-corrected chi connectivity index (χ2v) is 7.49. The Bertz CT molecular complexity index is 529. The number of β-amino-alcohol motifs (C(OH)–C–C–N with tert-alkyl or cyclic N) is 1. The lowest BCUT2D eigenvalue weighted by atomic mass is 9.92. The second kappa shape index (κ2) is 6.92. The molecule has 3 nitrogen and oxygen atoms in total. The molecule has 1 heterocycles. The van der Waals surface area contributed by atoms with E-state index < -0.39 is 0 Å². The maximum atomic E-state index is 9.06. The van der Waals surface area contributed by atoms with Crippen LogP contribution < -0.4 is 0 Å². The van der Waals surface area contributed by atoms with E-state index in [-0.39, 0.29) is 0 Å². The number of aliphatic hydroxyl groups excluding tert-OH is 1. The van der Waals surface area contributed by atoms with Crippen LogP contribution in [0.25, 0.3) is 0 Å². The lowest BCUT2D eigenvalue weighted by Gasteiger charge is -2.34. The molecule has 0 saturated carbocycles. The average Bonchev–Trinajstić information content (AvgIpc) is 3.21. The molecule has 0 aromatic heterocycles. The molecule has 0 unspecified atom stereocenters. The van der Waals surface area contributed by atoms with Crippen molar-refractivity contribution in [3.05, 3.63) is 33.9 Å². The van der Waals surface area contributed by atoms with Gasteiger partial charge in [-0.05, 0) is 72.8 Å². The molecule has 0 atom stereocenters. The fourth-order valence-electron chi connectivity index (χ4n) is 4.88. The summed E-state index contributed by atoms with van der Waals surface area (Å²) in [5.41, 5.74) is 8.54. The number of hydrogen-bond donors (Lipinski definition) is 1. The van der Waals surface area contributed by atoms with Crippen LogP contribution in [0.2, 0.25) is 0 Å². The van der Waals surface area contributed by atoms with Crippen LogP contribution in [0, 0.1) is 0 Å². The van der Waals surface area contributed by atoms with Gasteiger partial charge in [0.25, 0.3) is 0 Å². The van der Waals surface area contributed by atoms with Crippen molar-refractivity contribution in [3.8, 4) is 0 Å². The lowest BCUT2D eigenvalue weighted by Crippen LogP contribution is -2.47. The van der Waals surface area contributed by atoms with Crippen molar-refractivity contribution >= 4 is 0 Å². The molecule has 0 amide bonds. The molecule has 23 heavy (non-hydrogen) atoms. The molecule has 0 bridgehead atoms. The van der Waals surface area contributed by atoms with Gasteiger partial charge in [-0.3, -0.25) is 4.90 Å². The van der Waals surface area contributed by atoms with Gasteiger partial charge in [0.15, 0.2) is 0 Å². The number of hydrogen-bond acceptors (Lipinski definition) is 3. The fraction of sp³-hybridized carbons (Fsp3) is 0.700. The van der Waals surface area contributed by atoms with Crippen LogP contribution >= 0.6 is 0 Å². The molecule has 0 radical (unpaired) electrons. The number of aryl methyl sites for hydroxylation is 2. The average molecular weight is 314 g/mol. The maximum Gasteiger partial charge on any atom is 0.0558 e. The van der Waals surface area contributed by atoms with E-state index in [0.717, 1.165) is 32.7 Å². The first-order valence-electron chi connectivity index (χ1n) is 9.56. The summed E-state index contributed by atoms with van der Waals surface area (Å²) >= 11 is 0. The Hall–Kier alpha value is -0.900. The monoisotopic (exact) mass is 314 g/mol. The van der Waals surface area contributed by atoms with E-state index in [1.165, 1.54) is 51.5 Å². The van der Waals surface area contributed by atoms with Gasteiger partial charge in [0.2, 0.25) is 0 Å². The molecular weight excluding hydrogens is 284 g/mol. The van der Waals surface area contributed by atoms with Crippen LogP contribution in [-0.4, -0.2) is 60.8 Å². The van der Waals surface area contributed by atoms with Gasteiger partial charge >= 0.3 is 0 Å². The van der Waals surface area contributed by atoms with E-state index in [1.807, 2.05) is 0 Å². The van der Waals surface area contributed by atoms with Crippen molar-refractivity contribution in [1.82, 2.24) is 9.80 Å². The Kier molecular flexibility index (Phi) is 4.70. The number of nitrogens with zero attached hydrogens (tertiary/aromatic N) is 2. The molecule has 3 aliphatic rings. The third kappa shape index (κ3) is 3.19. The molecule has 3 heteroatoms. The van der Waals surface area contributed by atoms with Crippen LogP contribution in [0.4, 0.5) is 0 Å². The van der Waals surface area contributed by atoms with Gasteiger partial charge in [-0.1, -0.05) is 6.07 Å². The molecular formula is C20H30N2O. The number of aliphatic hydroxyl groups is 1. The van der Waals surface area contributed by atoms with Crippen molar-refractivity contribution in [2.45, 2.75) is 44.9 Å². The highest BCUT2D eigenvalue weighted by atomic mass is 16.3. The molecule has 1 aromatic rings. The first-order chi connectivity index (χ1) is 11.3. The van der Waals surface area contributed by atoms with Crippen LogP contribution in [0.3, 0.4) is 0 Å². The molecule has 1 N–H and O–H groups in total. The lowest BCUT2D eigenvalue weighted by molar-refractivity contribution is 0.113. The maximum absolute atomic E-state index is 9.06. The number of piperazine rings is 1. The Morgan fingerprint density at radius 3 is 1.91 bits per heavy atom. The third-order valence-electron chi connectivity index (χ3n) is 6.16. The topological polar surface area (TPSA) is 26.7 Å². The van der Waals surface area contributed by atoms with Crippen LogP contribution in [0.5, 0.6) is 0 Å². The minimum atomic E-state index is 0.294. The zero-order chi connectivity index (χ0) is 15.6. The first kappa shape index (κ1) is 15.6. The number of rotatable bonds is 5. The van der Waals surface area contributed by atoms with E-state index in [0.29, 0.717) is 6.61 Å². The highest BCUT2D eigenvalue weighted by Gasteiger charge is 2.24. The minimum Gasteiger partial charge on any atom is -0.395 e. The number of fused-ring (bicyclic) bond motifs is 2. The molecule has 126 valence electrons. The van der Waals surface area contributed by atoms with Gasteiger partial charge in [-0.15, -0.1) is 0 Å². The fourth-order valence-corrected chi connectivity index (χ4v) is 4.88. The molecule has 1 fully saturated rings. The van der Waals surface area contributed by atoms with E-state index in [2.05, 4.69) is 15.9 Å². The normalized spacial score (nSPS) is 21.6. The molecule has 1 saturated heterocycles. The van der Waals surface area contributed by atoms with E-state index in [4.69, 9.17) is 5.11 Å². The Balaban J connectivity index is 1.42. The quantitative estimate of drug-likeness (QED) is 0.898. The van der Waals surface area contributed by atoms with Crippen LogP contribution in [0.1, 0.15) is 40.7 Å². The summed E-state index contributed by atoms with van der Waals surface area (Å²) in [5.74, 6) is 0. The summed E-state index contributed by atoms with van der Waals surface area (Å²) in [7, 11) is 0. The summed E-state index contributed by atoms with van der Waals surface area (Å²) in [4.78, 5) is 5.01. The Morgan fingerprint density at radius 2 is 1.35 bits per heavy atom. The first-order valence-corrected chi connectivity index (χ1v) is 9.56. The standard InChI is InChI=1S/C20H30N2O/c23-14-13-22-11-9-21(10-12-22)8-7-20-18-5-1-3-16(18)15-17-4-2-6-19(17)20/h15,23H,1-14H2. The largest absolute Gasteiger partial charge is 0.395 e. The Labute approximate surface area is 140 Å². The van der Waals surface area contributed by atoms with Gasteiger partial charge in [0, 0.05) is 39.3 Å². The summed E-state index contributed by atoms with van der Waals surface area (Å²) < 4.78 is 0. The smallest absolute Gasteiger partial charge is 0.0558 e. The molecule has 1 aliphatic heterocycles. The van der Waals surface area contributed by atoms with E-state index >= 15 is 0 Å². The number of benzene rings is 1. The SMILES string of the molecule is OCCN1CCN(CCc2c3c(cc4c2CCC4)CCC3)CC1. The predicted octanol–water partition coefficient (Wildman–Crippen LogP) is 1.82. The molecule has 2 aliphatic carbocycles. The molecule has 1 aromatic carbocycles. The molecule has 4 rings (SSSR count). The summed E-state index contributed by atoms with van der Waals surface area (Å²) in [6.07, 6.45) is 9.26. The van der Waals surface area contributed by atoms with Crippen LogP contribution in [0.15, 0.2) is 6.07 Å². The van der Waals surface area contributed by atoms with Gasteiger partial charge in [-0.25, -0.2) is 0 Å². The van der Waals surface area contributed by atoms with Crippen molar-refractivity contribution in [3.63, 3.8) is 0 Å². The van der Waals surface area contributed by atoms with E-state index in [9.17, 15) is 0 Å².